The van der Waals surface area contributed by atoms with Crippen LogP contribution in [0, 0.1) is 0 Å². The zero-order valence-electron chi connectivity index (χ0n) is 5.15. The van der Waals surface area contributed by atoms with Crippen LogP contribution in [0.4, 0.5) is 0 Å². The summed E-state index contributed by atoms with van der Waals surface area (Å²) in [4.78, 5) is 5.51. The molecule has 62 valence electrons. The van der Waals surface area contributed by atoms with E-state index in [0.717, 1.165) is 0 Å². The van der Waals surface area contributed by atoms with Crippen LogP contribution < -0.4 is 0 Å². The molecule has 6 heteroatoms. The van der Waals surface area contributed by atoms with E-state index in [4.69, 9.17) is 39.5 Å². The Balaban J connectivity index is 2.78. The van der Waals surface area contributed by atoms with Crippen LogP contribution in [0.15, 0.2) is 15.7 Å². The largest absolute Gasteiger partial charge is 0.471 e. The van der Waals surface area contributed by atoms with E-state index in [1.165, 1.54) is 0 Å². The number of hydrogen-bond acceptors (Lipinski definition) is 2. The average molecular weight is 279 g/mol. The van der Waals surface area contributed by atoms with Crippen LogP contribution in [-0.2, 0) is 4.74 Å². The van der Waals surface area contributed by atoms with E-state index in [1.54, 1.807) is 4.99 Å². The lowest BCUT2D eigenvalue weighted by atomic mass is 10.6. The molecule has 0 saturated carbocycles. The molecular formula is C5H3BrCl3NO. The Hall–Kier alpha value is 0.560. The molecule has 0 N–H and O–H groups in total. The van der Waals surface area contributed by atoms with Crippen LogP contribution in [0.5, 0.6) is 0 Å². The van der Waals surface area contributed by atoms with Gasteiger partial charge >= 0.3 is 0 Å². The fourth-order valence-corrected chi connectivity index (χ4v) is 1.06. The summed E-state index contributed by atoms with van der Waals surface area (Å²) in [5.41, 5.74) is 0.700. The van der Waals surface area contributed by atoms with E-state index < -0.39 is 3.79 Å². The Labute approximate surface area is 87.3 Å². The highest BCUT2D eigenvalue weighted by Crippen LogP contribution is 2.31. The number of ether oxygens (including phenoxy) is 1. The first-order valence-electron chi connectivity index (χ1n) is 2.62. The van der Waals surface area contributed by atoms with Crippen molar-refractivity contribution >= 4 is 56.6 Å². The lowest BCUT2D eigenvalue weighted by Crippen LogP contribution is -2.18. The first-order valence-corrected chi connectivity index (χ1v) is 4.67. The van der Waals surface area contributed by atoms with Crippen LogP contribution in [0.1, 0.15) is 0 Å². The van der Waals surface area contributed by atoms with Crippen molar-refractivity contribution in [3.8, 4) is 0 Å². The van der Waals surface area contributed by atoms with Gasteiger partial charge in [-0.3, -0.25) is 0 Å². The maximum absolute atomic E-state index is 5.49. The van der Waals surface area contributed by atoms with Gasteiger partial charge < -0.3 is 4.74 Å². The van der Waals surface area contributed by atoms with Gasteiger partial charge in [0, 0.05) is 4.99 Å². The standard InChI is InChI=1S/C5H3BrCl3NO/c6-1-3-2-11-4(10-3)5(7,8)9/h1H,2H2/b3-1+. The first-order chi connectivity index (χ1) is 5.04. The highest BCUT2D eigenvalue weighted by Gasteiger charge is 2.33. The van der Waals surface area contributed by atoms with Crippen molar-refractivity contribution in [2.45, 2.75) is 3.79 Å². The van der Waals surface area contributed by atoms with Crippen molar-refractivity contribution in [1.29, 1.82) is 0 Å². The Morgan fingerprint density at radius 2 is 2.18 bits per heavy atom. The zero-order valence-corrected chi connectivity index (χ0v) is 9.01. The van der Waals surface area contributed by atoms with Gasteiger partial charge in [-0.1, -0.05) is 50.7 Å². The molecule has 0 bridgehead atoms. The fourth-order valence-electron chi connectivity index (χ4n) is 0.538. The third-order valence-electron chi connectivity index (χ3n) is 0.970. The summed E-state index contributed by atoms with van der Waals surface area (Å²) >= 11 is 19.6. The molecule has 1 heterocycles. The fraction of sp³-hybridized carbons (Fsp3) is 0.400. The molecule has 0 aromatic heterocycles. The van der Waals surface area contributed by atoms with E-state index in [1.807, 2.05) is 0 Å². The summed E-state index contributed by atoms with van der Waals surface area (Å²) in [5, 5.41) is 0. The van der Waals surface area contributed by atoms with Crippen molar-refractivity contribution in [2.75, 3.05) is 6.61 Å². The van der Waals surface area contributed by atoms with E-state index in [2.05, 4.69) is 20.9 Å². The molecule has 1 rings (SSSR count). The first kappa shape index (κ1) is 9.65. The smallest absolute Gasteiger partial charge is 0.266 e. The van der Waals surface area contributed by atoms with E-state index in [-0.39, 0.29) is 5.90 Å². The molecule has 0 atom stereocenters. The third-order valence-corrected chi connectivity index (χ3v) is 1.98. The minimum Gasteiger partial charge on any atom is -0.471 e. The second-order valence-corrected chi connectivity index (χ2v) is 4.54. The predicted octanol–water partition coefficient (Wildman–Crippen LogP) is 3.02. The lowest BCUT2D eigenvalue weighted by molar-refractivity contribution is 0.357. The van der Waals surface area contributed by atoms with Crippen LogP contribution in [0.25, 0.3) is 0 Å². The number of hydrogen-bond donors (Lipinski definition) is 0. The SMILES string of the molecule is ClC(Cl)(Cl)C1=N/C(=C/Br)CO1. The normalized spacial score (nSPS) is 21.8. The highest BCUT2D eigenvalue weighted by molar-refractivity contribution is 9.11. The van der Waals surface area contributed by atoms with E-state index >= 15 is 0 Å². The molecule has 0 unspecified atom stereocenters. The second-order valence-electron chi connectivity index (χ2n) is 1.80. The van der Waals surface area contributed by atoms with Crippen molar-refractivity contribution < 1.29 is 4.74 Å². The molecule has 11 heavy (non-hydrogen) atoms. The number of nitrogens with zero attached hydrogens (tertiary/aromatic N) is 1. The number of alkyl halides is 3. The Kier molecular flexibility index (Phi) is 3.09. The maximum atomic E-state index is 5.49. The maximum Gasteiger partial charge on any atom is 0.266 e. The minimum atomic E-state index is -1.56. The van der Waals surface area contributed by atoms with Gasteiger partial charge in [-0.05, 0) is 0 Å². The van der Waals surface area contributed by atoms with Gasteiger partial charge in [0.25, 0.3) is 3.79 Å². The summed E-state index contributed by atoms with van der Waals surface area (Å²) in [6, 6.07) is 0. The topological polar surface area (TPSA) is 21.6 Å². The van der Waals surface area contributed by atoms with Gasteiger partial charge in [-0.25, -0.2) is 4.99 Å². The molecule has 0 fully saturated rings. The quantitative estimate of drug-likeness (QED) is 0.625. The van der Waals surface area contributed by atoms with Crippen molar-refractivity contribution in [3.05, 3.63) is 10.7 Å². The van der Waals surface area contributed by atoms with Gasteiger partial charge in [-0.15, -0.1) is 0 Å². The number of halogens is 4. The number of aliphatic imine (C=N–C) groups is 1. The van der Waals surface area contributed by atoms with Gasteiger partial charge in [0.2, 0.25) is 5.90 Å². The molecule has 0 amide bonds. The van der Waals surface area contributed by atoms with Crippen LogP contribution in [0.2, 0.25) is 0 Å². The molecule has 0 aromatic rings. The zero-order chi connectivity index (χ0) is 8.48. The molecule has 0 saturated heterocycles. The summed E-state index contributed by atoms with van der Waals surface area (Å²) in [5.74, 6) is 0.119. The monoisotopic (exact) mass is 277 g/mol. The Morgan fingerprint density at radius 3 is 2.45 bits per heavy atom. The molecule has 0 radical (unpaired) electrons. The highest BCUT2D eigenvalue weighted by atomic mass is 79.9. The van der Waals surface area contributed by atoms with E-state index in [0.29, 0.717) is 12.3 Å². The van der Waals surface area contributed by atoms with Crippen LogP contribution >= 0.6 is 50.7 Å². The van der Waals surface area contributed by atoms with Crippen molar-refractivity contribution in [2.24, 2.45) is 4.99 Å². The molecule has 1 aliphatic rings. The second kappa shape index (κ2) is 3.52. The summed E-state index contributed by atoms with van der Waals surface area (Å²) in [7, 11) is 0. The predicted molar refractivity (Wildman–Crippen MR) is 50.7 cm³/mol. The lowest BCUT2D eigenvalue weighted by Gasteiger charge is -2.08. The van der Waals surface area contributed by atoms with E-state index in [9.17, 15) is 0 Å². The molecule has 1 aliphatic heterocycles. The van der Waals surface area contributed by atoms with Crippen molar-refractivity contribution in [3.63, 3.8) is 0 Å². The van der Waals surface area contributed by atoms with Crippen LogP contribution in [0.3, 0.4) is 0 Å². The van der Waals surface area contributed by atoms with Gasteiger partial charge in [0.15, 0.2) is 0 Å². The molecule has 0 aliphatic carbocycles. The molecular weight excluding hydrogens is 276 g/mol. The summed E-state index contributed by atoms with van der Waals surface area (Å²) in [6.07, 6.45) is 0. The molecule has 2 nitrogen and oxygen atoms in total. The third kappa shape index (κ3) is 2.51. The van der Waals surface area contributed by atoms with Gasteiger partial charge in [-0.2, -0.15) is 0 Å². The molecule has 0 aromatic carbocycles. The molecule has 0 spiro atoms. The summed E-state index contributed by atoms with van der Waals surface area (Å²) in [6.45, 7) is 0.342. The Bertz CT molecular complexity index is 220. The minimum absolute atomic E-state index is 0.119. The number of rotatable bonds is 0. The Morgan fingerprint density at radius 1 is 1.55 bits per heavy atom. The van der Waals surface area contributed by atoms with Crippen molar-refractivity contribution in [1.82, 2.24) is 0 Å². The van der Waals surface area contributed by atoms with Gasteiger partial charge in [0.1, 0.15) is 6.61 Å². The van der Waals surface area contributed by atoms with Gasteiger partial charge in [0.05, 0.1) is 5.70 Å². The summed E-state index contributed by atoms with van der Waals surface area (Å²) < 4.78 is 3.42. The van der Waals surface area contributed by atoms with Crippen LogP contribution in [-0.4, -0.2) is 16.3 Å². The average Bonchev–Trinajstić information content (AvgIpc) is 2.32.